The summed E-state index contributed by atoms with van der Waals surface area (Å²) in [4.78, 5) is 13.9. The minimum atomic E-state index is -1.04. The molecule has 1 aromatic rings. The molecule has 0 saturated carbocycles. The molecule has 4 heteroatoms. The Morgan fingerprint density at radius 1 is 1.71 bits per heavy atom. The highest BCUT2D eigenvalue weighted by molar-refractivity contribution is 5.36. The van der Waals surface area contributed by atoms with Crippen LogP contribution in [0.25, 0.3) is 0 Å². The van der Waals surface area contributed by atoms with Gasteiger partial charge in [0.1, 0.15) is 0 Å². The van der Waals surface area contributed by atoms with Crippen LogP contribution in [0.5, 0.6) is 0 Å². The molecule has 76 valence electrons. The lowest BCUT2D eigenvalue weighted by Gasteiger charge is -2.21. The monoisotopic (exact) mass is 195 g/mol. The van der Waals surface area contributed by atoms with Gasteiger partial charge in [-0.2, -0.15) is 0 Å². The average molecular weight is 195 g/mol. The zero-order chi connectivity index (χ0) is 10.3. The number of hydrogen-bond acceptors (Lipinski definition) is 3. The van der Waals surface area contributed by atoms with Crippen molar-refractivity contribution in [3.05, 3.63) is 33.7 Å². The van der Waals surface area contributed by atoms with Gasteiger partial charge in [0.05, 0.1) is 17.3 Å². The molecule has 3 N–H and O–H groups in total. The summed E-state index contributed by atoms with van der Waals surface area (Å²) in [7, 11) is 0. The van der Waals surface area contributed by atoms with Crippen LogP contribution in [0, 0.1) is 0 Å². The molecule has 2 unspecified atom stereocenters. The first-order valence-corrected chi connectivity index (χ1v) is 4.71. The maximum atomic E-state index is 11.4. The van der Waals surface area contributed by atoms with Gasteiger partial charge in [-0.25, -0.2) is 0 Å². The van der Waals surface area contributed by atoms with Gasteiger partial charge >= 0.3 is 0 Å². The first-order valence-electron chi connectivity index (χ1n) is 4.71. The van der Waals surface area contributed by atoms with Gasteiger partial charge in [0.15, 0.2) is 0 Å². The molecule has 1 aliphatic rings. The Kier molecular flexibility index (Phi) is 1.97. The normalized spacial score (nSPS) is 30.4. The zero-order valence-electron chi connectivity index (χ0n) is 7.95. The first kappa shape index (κ1) is 9.43. The van der Waals surface area contributed by atoms with Gasteiger partial charge in [-0.1, -0.05) is 6.92 Å². The highest BCUT2D eigenvalue weighted by Gasteiger charge is 2.41. The molecule has 14 heavy (non-hydrogen) atoms. The van der Waals surface area contributed by atoms with Crippen molar-refractivity contribution in [1.29, 1.82) is 0 Å². The van der Waals surface area contributed by atoms with Gasteiger partial charge < -0.3 is 15.2 Å². The van der Waals surface area contributed by atoms with Crippen molar-refractivity contribution in [1.82, 2.24) is 4.98 Å². The number of hydrogen-bond donors (Lipinski definition) is 3. The van der Waals surface area contributed by atoms with Crippen LogP contribution >= 0.6 is 0 Å². The largest absolute Gasteiger partial charge is 0.388 e. The van der Waals surface area contributed by atoms with Crippen molar-refractivity contribution in [2.45, 2.75) is 31.5 Å². The highest BCUT2D eigenvalue weighted by Crippen LogP contribution is 2.43. The maximum Gasteiger partial charge on any atom is 0.254 e. The Morgan fingerprint density at radius 3 is 3.07 bits per heavy atom. The molecule has 1 heterocycles. The topological polar surface area (TPSA) is 73.3 Å². The van der Waals surface area contributed by atoms with E-state index in [0.717, 1.165) is 0 Å². The predicted octanol–water partition coefficient (Wildman–Crippen LogP) is 0.410. The zero-order valence-corrected chi connectivity index (χ0v) is 7.95. The van der Waals surface area contributed by atoms with E-state index in [1.54, 1.807) is 6.07 Å². The van der Waals surface area contributed by atoms with Gasteiger partial charge in [0.2, 0.25) is 0 Å². The summed E-state index contributed by atoms with van der Waals surface area (Å²) in [6.07, 6.45) is 1.37. The van der Waals surface area contributed by atoms with E-state index in [4.69, 9.17) is 0 Å². The van der Waals surface area contributed by atoms with Crippen LogP contribution in [0.3, 0.4) is 0 Å². The lowest BCUT2D eigenvalue weighted by Crippen LogP contribution is -2.22. The number of rotatable bonds is 1. The average Bonchev–Trinajstić information content (AvgIpc) is 2.41. The SMILES string of the molecule is CCC1(O)CC(O)c2c1cc[nH]c2=O. The molecule has 1 aromatic heterocycles. The smallest absolute Gasteiger partial charge is 0.254 e. The van der Waals surface area contributed by atoms with Gasteiger partial charge in [-0.05, 0) is 18.1 Å². The Morgan fingerprint density at radius 2 is 2.43 bits per heavy atom. The van der Waals surface area contributed by atoms with Crippen molar-refractivity contribution < 1.29 is 10.2 Å². The first-order chi connectivity index (χ1) is 6.58. The molecule has 2 atom stereocenters. The Balaban J connectivity index is 2.66. The summed E-state index contributed by atoms with van der Waals surface area (Å²) in [5, 5.41) is 19.8. The van der Waals surface area contributed by atoms with E-state index in [2.05, 4.69) is 4.98 Å². The fourth-order valence-corrected chi connectivity index (χ4v) is 2.09. The van der Waals surface area contributed by atoms with Gasteiger partial charge in [-0.15, -0.1) is 0 Å². The summed E-state index contributed by atoms with van der Waals surface area (Å²) in [6, 6.07) is 1.66. The summed E-state index contributed by atoms with van der Waals surface area (Å²) in [6.45, 7) is 1.84. The van der Waals surface area contributed by atoms with E-state index in [1.807, 2.05) is 6.92 Å². The third-order valence-corrected chi connectivity index (χ3v) is 2.95. The number of aliphatic hydroxyl groups is 2. The molecule has 0 bridgehead atoms. The van der Waals surface area contributed by atoms with Crippen molar-refractivity contribution in [3.8, 4) is 0 Å². The van der Waals surface area contributed by atoms with Crippen LogP contribution in [0.1, 0.15) is 37.0 Å². The summed E-state index contributed by atoms with van der Waals surface area (Å²) < 4.78 is 0. The quantitative estimate of drug-likeness (QED) is 0.607. The number of aromatic nitrogens is 1. The fourth-order valence-electron chi connectivity index (χ4n) is 2.09. The minimum absolute atomic E-state index is 0.214. The van der Waals surface area contributed by atoms with Crippen LogP contribution in [-0.4, -0.2) is 15.2 Å². The van der Waals surface area contributed by atoms with Crippen molar-refractivity contribution in [2.75, 3.05) is 0 Å². The minimum Gasteiger partial charge on any atom is -0.388 e. The lowest BCUT2D eigenvalue weighted by molar-refractivity contribution is 0.00287. The van der Waals surface area contributed by atoms with E-state index < -0.39 is 11.7 Å². The number of H-pyrrole nitrogens is 1. The van der Waals surface area contributed by atoms with Crippen LogP contribution in [0.2, 0.25) is 0 Å². The second kappa shape index (κ2) is 2.93. The van der Waals surface area contributed by atoms with Gasteiger partial charge in [0.25, 0.3) is 5.56 Å². The van der Waals surface area contributed by atoms with E-state index in [1.165, 1.54) is 6.20 Å². The van der Waals surface area contributed by atoms with Crippen molar-refractivity contribution in [3.63, 3.8) is 0 Å². The molecule has 0 aliphatic heterocycles. The van der Waals surface area contributed by atoms with Gasteiger partial charge in [0, 0.05) is 12.6 Å². The summed E-state index contributed by atoms with van der Waals surface area (Å²) >= 11 is 0. The molecule has 0 fully saturated rings. The number of aliphatic hydroxyl groups excluding tert-OH is 1. The number of pyridine rings is 1. The molecule has 0 saturated heterocycles. The molecule has 0 radical (unpaired) electrons. The number of aromatic amines is 1. The standard InChI is InChI=1S/C10H13NO3/c1-2-10(14)5-7(12)8-6(10)3-4-11-9(8)13/h3-4,7,12,14H,2,5H2,1H3,(H,11,13). The van der Waals surface area contributed by atoms with E-state index in [0.29, 0.717) is 17.5 Å². The van der Waals surface area contributed by atoms with E-state index >= 15 is 0 Å². The molecular formula is C10H13NO3. The molecule has 1 aliphatic carbocycles. The maximum absolute atomic E-state index is 11.4. The predicted molar refractivity (Wildman–Crippen MR) is 50.8 cm³/mol. The Labute approximate surface area is 81.2 Å². The molecular weight excluding hydrogens is 182 g/mol. The lowest BCUT2D eigenvalue weighted by atomic mass is 9.94. The molecule has 0 aromatic carbocycles. The number of fused-ring (bicyclic) bond motifs is 1. The van der Waals surface area contributed by atoms with Crippen LogP contribution < -0.4 is 5.56 Å². The van der Waals surface area contributed by atoms with E-state index in [9.17, 15) is 15.0 Å². The van der Waals surface area contributed by atoms with Gasteiger partial charge in [-0.3, -0.25) is 4.79 Å². The third kappa shape index (κ3) is 1.11. The Hall–Kier alpha value is -1.13. The third-order valence-electron chi connectivity index (χ3n) is 2.95. The summed E-state index contributed by atoms with van der Waals surface area (Å²) in [5.74, 6) is 0. The fraction of sp³-hybridized carbons (Fsp3) is 0.500. The molecule has 4 nitrogen and oxygen atoms in total. The Bertz CT molecular complexity index is 412. The van der Waals surface area contributed by atoms with E-state index in [-0.39, 0.29) is 12.0 Å². The van der Waals surface area contributed by atoms with Crippen molar-refractivity contribution in [2.24, 2.45) is 0 Å². The van der Waals surface area contributed by atoms with Crippen LogP contribution in [-0.2, 0) is 5.60 Å². The summed E-state index contributed by atoms with van der Waals surface area (Å²) in [5.41, 5.74) is -0.462. The van der Waals surface area contributed by atoms with Crippen LogP contribution in [0.4, 0.5) is 0 Å². The molecule has 0 spiro atoms. The number of nitrogens with one attached hydrogen (secondary N) is 1. The van der Waals surface area contributed by atoms with Crippen LogP contribution in [0.15, 0.2) is 17.1 Å². The second-order valence-corrected chi connectivity index (χ2v) is 3.74. The van der Waals surface area contributed by atoms with Crippen molar-refractivity contribution >= 4 is 0 Å². The second-order valence-electron chi connectivity index (χ2n) is 3.74. The molecule has 2 rings (SSSR count). The molecule has 0 amide bonds. The highest BCUT2D eigenvalue weighted by atomic mass is 16.3.